The SMILES string of the molecule is COc1cccc(CC(Cc2ccsc2)NN)c1. The Morgan fingerprint density at radius 1 is 1.28 bits per heavy atom. The van der Waals surface area contributed by atoms with Crippen LogP contribution in [-0.4, -0.2) is 13.2 Å². The van der Waals surface area contributed by atoms with Crippen LogP contribution in [0.5, 0.6) is 5.75 Å². The number of hydrogen-bond acceptors (Lipinski definition) is 4. The van der Waals surface area contributed by atoms with E-state index in [1.165, 1.54) is 11.1 Å². The lowest BCUT2D eigenvalue weighted by atomic mass is 10.0. The van der Waals surface area contributed by atoms with Gasteiger partial charge in [-0.3, -0.25) is 11.3 Å². The molecule has 0 aliphatic carbocycles. The number of thiophene rings is 1. The molecule has 2 rings (SSSR count). The molecule has 0 saturated carbocycles. The predicted molar refractivity (Wildman–Crippen MR) is 75.8 cm³/mol. The summed E-state index contributed by atoms with van der Waals surface area (Å²) >= 11 is 1.72. The van der Waals surface area contributed by atoms with Gasteiger partial charge in [0.25, 0.3) is 0 Å². The third-order valence-electron chi connectivity index (χ3n) is 2.91. The molecule has 3 nitrogen and oxygen atoms in total. The molecule has 3 N–H and O–H groups in total. The fourth-order valence-electron chi connectivity index (χ4n) is 1.97. The van der Waals surface area contributed by atoms with Gasteiger partial charge < -0.3 is 4.74 Å². The van der Waals surface area contributed by atoms with E-state index in [1.807, 2.05) is 12.1 Å². The van der Waals surface area contributed by atoms with E-state index in [9.17, 15) is 0 Å². The predicted octanol–water partition coefficient (Wildman–Crippen LogP) is 2.37. The van der Waals surface area contributed by atoms with Gasteiger partial charge in [-0.15, -0.1) is 0 Å². The zero-order valence-electron chi connectivity index (χ0n) is 10.4. The quantitative estimate of drug-likeness (QED) is 0.620. The fourth-order valence-corrected chi connectivity index (χ4v) is 2.65. The maximum Gasteiger partial charge on any atom is 0.119 e. The van der Waals surface area contributed by atoms with E-state index in [1.54, 1.807) is 18.4 Å². The normalized spacial score (nSPS) is 12.3. The molecule has 0 aliphatic heterocycles. The van der Waals surface area contributed by atoms with Crippen LogP contribution in [0.1, 0.15) is 11.1 Å². The summed E-state index contributed by atoms with van der Waals surface area (Å²) in [6.07, 6.45) is 1.83. The minimum atomic E-state index is 0.242. The summed E-state index contributed by atoms with van der Waals surface area (Å²) < 4.78 is 5.23. The molecule has 0 spiro atoms. The maximum atomic E-state index is 5.63. The molecule has 18 heavy (non-hydrogen) atoms. The maximum absolute atomic E-state index is 5.63. The van der Waals surface area contributed by atoms with Gasteiger partial charge in [-0.05, 0) is 52.9 Å². The van der Waals surface area contributed by atoms with Crippen LogP contribution in [0.3, 0.4) is 0 Å². The van der Waals surface area contributed by atoms with E-state index in [0.29, 0.717) is 0 Å². The van der Waals surface area contributed by atoms with E-state index in [0.717, 1.165) is 18.6 Å². The van der Waals surface area contributed by atoms with Crippen LogP contribution < -0.4 is 16.0 Å². The van der Waals surface area contributed by atoms with Crippen molar-refractivity contribution in [2.24, 2.45) is 5.84 Å². The Morgan fingerprint density at radius 3 is 2.78 bits per heavy atom. The molecule has 1 aromatic heterocycles. The number of rotatable bonds is 6. The van der Waals surface area contributed by atoms with Gasteiger partial charge in [-0.25, -0.2) is 0 Å². The Labute approximate surface area is 112 Å². The number of benzene rings is 1. The first-order valence-electron chi connectivity index (χ1n) is 5.92. The third kappa shape index (κ3) is 3.57. The molecule has 0 amide bonds. The fraction of sp³-hybridized carbons (Fsp3) is 0.286. The monoisotopic (exact) mass is 262 g/mol. The Kier molecular flexibility index (Phi) is 4.75. The highest BCUT2D eigenvalue weighted by Gasteiger charge is 2.09. The molecule has 0 radical (unpaired) electrons. The van der Waals surface area contributed by atoms with Crippen molar-refractivity contribution in [3.8, 4) is 5.75 Å². The topological polar surface area (TPSA) is 47.3 Å². The molecule has 1 atom stereocenters. The summed E-state index contributed by atoms with van der Waals surface area (Å²) in [5.74, 6) is 6.52. The zero-order valence-corrected chi connectivity index (χ0v) is 11.2. The number of hydrazine groups is 1. The Bertz CT molecular complexity index is 470. The minimum Gasteiger partial charge on any atom is -0.497 e. The van der Waals surface area contributed by atoms with Crippen molar-refractivity contribution in [3.05, 3.63) is 52.2 Å². The summed E-state index contributed by atoms with van der Waals surface area (Å²) in [6.45, 7) is 0. The molecular weight excluding hydrogens is 244 g/mol. The second-order valence-electron chi connectivity index (χ2n) is 4.25. The standard InChI is InChI=1S/C14H18N2OS/c1-17-14-4-2-3-11(9-14)7-13(16-15)8-12-5-6-18-10-12/h2-6,9-10,13,16H,7-8,15H2,1H3. The Hall–Kier alpha value is -1.36. The average molecular weight is 262 g/mol. The van der Waals surface area contributed by atoms with Crippen molar-refractivity contribution in [2.45, 2.75) is 18.9 Å². The van der Waals surface area contributed by atoms with Crippen LogP contribution in [0.15, 0.2) is 41.1 Å². The van der Waals surface area contributed by atoms with Gasteiger partial charge in [0.2, 0.25) is 0 Å². The van der Waals surface area contributed by atoms with E-state index in [2.05, 4.69) is 34.4 Å². The molecule has 4 heteroatoms. The highest BCUT2D eigenvalue weighted by Crippen LogP contribution is 2.16. The van der Waals surface area contributed by atoms with Crippen molar-refractivity contribution in [3.63, 3.8) is 0 Å². The lowest BCUT2D eigenvalue weighted by molar-refractivity contribution is 0.413. The van der Waals surface area contributed by atoms with Gasteiger partial charge >= 0.3 is 0 Å². The second-order valence-corrected chi connectivity index (χ2v) is 5.03. The number of hydrogen-bond donors (Lipinski definition) is 2. The van der Waals surface area contributed by atoms with Crippen LogP contribution in [0, 0.1) is 0 Å². The van der Waals surface area contributed by atoms with Crippen molar-refractivity contribution in [1.82, 2.24) is 5.43 Å². The van der Waals surface area contributed by atoms with Crippen molar-refractivity contribution in [2.75, 3.05) is 7.11 Å². The first-order valence-corrected chi connectivity index (χ1v) is 6.86. The number of methoxy groups -OCH3 is 1. The van der Waals surface area contributed by atoms with Gasteiger partial charge in [0.05, 0.1) is 7.11 Å². The van der Waals surface area contributed by atoms with Crippen LogP contribution in [0.2, 0.25) is 0 Å². The molecule has 0 saturated heterocycles. The molecule has 1 unspecified atom stereocenters. The Balaban J connectivity index is 2.00. The molecule has 1 aromatic carbocycles. The van der Waals surface area contributed by atoms with Crippen LogP contribution >= 0.6 is 11.3 Å². The van der Waals surface area contributed by atoms with Crippen molar-refractivity contribution < 1.29 is 4.74 Å². The molecule has 0 aliphatic rings. The van der Waals surface area contributed by atoms with E-state index in [-0.39, 0.29) is 6.04 Å². The molecule has 0 bridgehead atoms. The first kappa shape index (κ1) is 13.1. The molecule has 96 valence electrons. The van der Waals surface area contributed by atoms with E-state index < -0.39 is 0 Å². The summed E-state index contributed by atoms with van der Waals surface area (Å²) in [6, 6.07) is 10.5. The number of ether oxygens (including phenoxy) is 1. The van der Waals surface area contributed by atoms with E-state index in [4.69, 9.17) is 10.6 Å². The molecular formula is C14H18N2OS. The van der Waals surface area contributed by atoms with Gasteiger partial charge in [-0.1, -0.05) is 12.1 Å². The molecule has 1 heterocycles. The molecule has 2 aromatic rings. The van der Waals surface area contributed by atoms with Gasteiger partial charge in [-0.2, -0.15) is 11.3 Å². The van der Waals surface area contributed by atoms with Crippen LogP contribution in [0.25, 0.3) is 0 Å². The van der Waals surface area contributed by atoms with Crippen LogP contribution in [-0.2, 0) is 12.8 Å². The summed E-state index contributed by atoms with van der Waals surface area (Å²) in [4.78, 5) is 0. The second kappa shape index (κ2) is 6.54. The van der Waals surface area contributed by atoms with Crippen molar-refractivity contribution >= 4 is 11.3 Å². The minimum absolute atomic E-state index is 0.242. The third-order valence-corrected chi connectivity index (χ3v) is 3.65. The lowest BCUT2D eigenvalue weighted by Crippen LogP contribution is -2.38. The summed E-state index contributed by atoms with van der Waals surface area (Å²) in [5.41, 5.74) is 5.44. The first-order chi connectivity index (χ1) is 8.81. The van der Waals surface area contributed by atoms with Gasteiger partial charge in [0.1, 0.15) is 5.75 Å². The number of nitrogens with two attached hydrogens (primary N) is 1. The Morgan fingerprint density at radius 2 is 2.11 bits per heavy atom. The average Bonchev–Trinajstić information content (AvgIpc) is 2.91. The number of nitrogens with one attached hydrogen (secondary N) is 1. The van der Waals surface area contributed by atoms with E-state index >= 15 is 0 Å². The zero-order chi connectivity index (χ0) is 12.8. The largest absolute Gasteiger partial charge is 0.497 e. The summed E-state index contributed by atoms with van der Waals surface area (Å²) in [7, 11) is 1.68. The van der Waals surface area contributed by atoms with Crippen LogP contribution in [0.4, 0.5) is 0 Å². The smallest absolute Gasteiger partial charge is 0.119 e. The molecule has 0 fully saturated rings. The van der Waals surface area contributed by atoms with Gasteiger partial charge in [0, 0.05) is 6.04 Å². The highest BCUT2D eigenvalue weighted by molar-refractivity contribution is 7.07. The highest BCUT2D eigenvalue weighted by atomic mass is 32.1. The van der Waals surface area contributed by atoms with Gasteiger partial charge in [0.15, 0.2) is 0 Å². The summed E-state index contributed by atoms with van der Waals surface area (Å²) in [5, 5.41) is 4.25. The lowest BCUT2D eigenvalue weighted by Gasteiger charge is -2.15. The van der Waals surface area contributed by atoms with Crippen molar-refractivity contribution in [1.29, 1.82) is 0 Å².